The SMILES string of the molecule is CCNCc1nc2ccc(F)cc2[nH]1. The van der Waals surface area contributed by atoms with Gasteiger partial charge >= 0.3 is 0 Å². The van der Waals surface area contributed by atoms with Crippen LogP contribution in [0.5, 0.6) is 0 Å². The van der Waals surface area contributed by atoms with Gasteiger partial charge < -0.3 is 10.3 Å². The summed E-state index contributed by atoms with van der Waals surface area (Å²) >= 11 is 0. The molecule has 0 radical (unpaired) electrons. The summed E-state index contributed by atoms with van der Waals surface area (Å²) in [4.78, 5) is 7.36. The van der Waals surface area contributed by atoms with E-state index >= 15 is 0 Å². The van der Waals surface area contributed by atoms with Crippen LogP contribution in [0.2, 0.25) is 0 Å². The summed E-state index contributed by atoms with van der Waals surface area (Å²) in [5, 5.41) is 3.15. The summed E-state index contributed by atoms with van der Waals surface area (Å²) in [6, 6.07) is 4.55. The zero-order valence-corrected chi connectivity index (χ0v) is 7.97. The lowest BCUT2D eigenvalue weighted by molar-refractivity contribution is 0.629. The highest BCUT2D eigenvalue weighted by atomic mass is 19.1. The molecule has 2 N–H and O–H groups in total. The van der Waals surface area contributed by atoms with Crippen molar-refractivity contribution in [2.75, 3.05) is 6.54 Å². The van der Waals surface area contributed by atoms with Gasteiger partial charge in [-0.05, 0) is 24.7 Å². The molecule has 2 aromatic rings. The molecule has 0 amide bonds. The first kappa shape index (κ1) is 9.15. The van der Waals surface area contributed by atoms with Crippen LogP contribution in [0.3, 0.4) is 0 Å². The summed E-state index contributed by atoms with van der Waals surface area (Å²) < 4.78 is 12.8. The van der Waals surface area contributed by atoms with Crippen LogP contribution < -0.4 is 5.32 Å². The number of nitrogens with zero attached hydrogens (tertiary/aromatic N) is 1. The summed E-state index contributed by atoms with van der Waals surface area (Å²) in [6.07, 6.45) is 0. The van der Waals surface area contributed by atoms with Crippen molar-refractivity contribution >= 4 is 11.0 Å². The monoisotopic (exact) mass is 193 g/mol. The number of rotatable bonds is 3. The Morgan fingerprint density at radius 1 is 1.50 bits per heavy atom. The highest BCUT2D eigenvalue weighted by Crippen LogP contribution is 2.12. The summed E-state index contributed by atoms with van der Waals surface area (Å²) in [5.74, 6) is 0.601. The van der Waals surface area contributed by atoms with Gasteiger partial charge in [0.05, 0.1) is 17.6 Å². The number of fused-ring (bicyclic) bond motifs is 1. The second kappa shape index (κ2) is 3.75. The Balaban J connectivity index is 2.32. The Hall–Kier alpha value is -1.42. The average molecular weight is 193 g/mol. The first-order chi connectivity index (χ1) is 6.79. The highest BCUT2D eigenvalue weighted by molar-refractivity contribution is 5.74. The predicted molar refractivity (Wildman–Crippen MR) is 53.4 cm³/mol. The van der Waals surface area contributed by atoms with Crippen molar-refractivity contribution in [1.29, 1.82) is 0 Å². The Bertz CT molecular complexity index is 436. The molecule has 0 aliphatic heterocycles. The van der Waals surface area contributed by atoms with E-state index in [9.17, 15) is 4.39 Å². The number of benzene rings is 1. The molecule has 74 valence electrons. The summed E-state index contributed by atoms with van der Waals surface area (Å²) in [6.45, 7) is 3.61. The van der Waals surface area contributed by atoms with Gasteiger partial charge in [-0.15, -0.1) is 0 Å². The number of halogens is 1. The lowest BCUT2D eigenvalue weighted by Gasteiger charge is -1.94. The minimum absolute atomic E-state index is 0.240. The van der Waals surface area contributed by atoms with Gasteiger partial charge in [0.2, 0.25) is 0 Å². The number of nitrogens with one attached hydrogen (secondary N) is 2. The zero-order valence-electron chi connectivity index (χ0n) is 7.97. The van der Waals surface area contributed by atoms with E-state index in [-0.39, 0.29) is 5.82 Å². The molecule has 1 aromatic heterocycles. The van der Waals surface area contributed by atoms with Crippen LogP contribution in [0, 0.1) is 5.82 Å². The number of imidazole rings is 1. The van der Waals surface area contributed by atoms with Crippen molar-refractivity contribution in [3.05, 3.63) is 29.8 Å². The van der Waals surface area contributed by atoms with Crippen molar-refractivity contribution in [3.63, 3.8) is 0 Å². The Morgan fingerprint density at radius 3 is 3.14 bits per heavy atom. The van der Waals surface area contributed by atoms with Crippen LogP contribution in [0.15, 0.2) is 18.2 Å². The second-order valence-electron chi connectivity index (χ2n) is 3.13. The van der Waals surface area contributed by atoms with Crippen molar-refractivity contribution in [1.82, 2.24) is 15.3 Å². The Labute approximate surface area is 81.4 Å². The van der Waals surface area contributed by atoms with Gasteiger partial charge in [-0.25, -0.2) is 9.37 Å². The van der Waals surface area contributed by atoms with Gasteiger partial charge in [0.15, 0.2) is 0 Å². The summed E-state index contributed by atoms with van der Waals surface area (Å²) in [7, 11) is 0. The lowest BCUT2D eigenvalue weighted by Crippen LogP contribution is -2.12. The molecule has 0 unspecified atom stereocenters. The van der Waals surface area contributed by atoms with Crippen LogP contribution in [0.25, 0.3) is 11.0 Å². The van der Waals surface area contributed by atoms with Gasteiger partial charge in [0.1, 0.15) is 11.6 Å². The second-order valence-corrected chi connectivity index (χ2v) is 3.13. The topological polar surface area (TPSA) is 40.7 Å². The van der Waals surface area contributed by atoms with Crippen LogP contribution in [0.1, 0.15) is 12.7 Å². The van der Waals surface area contributed by atoms with Gasteiger partial charge in [-0.3, -0.25) is 0 Å². The third-order valence-electron chi connectivity index (χ3n) is 2.04. The zero-order chi connectivity index (χ0) is 9.97. The van der Waals surface area contributed by atoms with Crippen LogP contribution in [-0.4, -0.2) is 16.5 Å². The average Bonchev–Trinajstić information content (AvgIpc) is 2.56. The number of hydrogen-bond acceptors (Lipinski definition) is 2. The highest BCUT2D eigenvalue weighted by Gasteiger charge is 2.02. The largest absolute Gasteiger partial charge is 0.341 e. The van der Waals surface area contributed by atoms with Gasteiger partial charge in [0, 0.05) is 0 Å². The third-order valence-corrected chi connectivity index (χ3v) is 2.04. The molecule has 3 nitrogen and oxygen atoms in total. The fourth-order valence-corrected chi connectivity index (χ4v) is 1.36. The van der Waals surface area contributed by atoms with Crippen LogP contribution >= 0.6 is 0 Å². The number of H-pyrrole nitrogens is 1. The van der Waals surface area contributed by atoms with E-state index in [4.69, 9.17) is 0 Å². The minimum atomic E-state index is -0.240. The first-order valence-corrected chi connectivity index (χ1v) is 4.64. The predicted octanol–water partition coefficient (Wildman–Crippen LogP) is 1.81. The molecule has 1 aromatic carbocycles. The van der Waals surface area contributed by atoms with E-state index in [1.54, 1.807) is 6.07 Å². The maximum atomic E-state index is 12.8. The Morgan fingerprint density at radius 2 is 2.36 bits per heavy atom. The van der Waals surface area contributed by atoms with Crippen molar-refractivity contribution in [2.45, 2.75) is 13.5 Å². The van der Waals surface area contributed by atoms with Crippen LogP contribution in [-0.2, 0) is 6.54 Å². The van der Waals surface area contributed by atoms with Crippen molar-refractivity contribution < 1.29 is 4.39 Å². The summed E-state index contributed by atoms with van der Waals surface area (Å²) in [5.41, 5.74) is 1.55. The maximum absolute atomic E-state index is 12.8. The van der Waals surface area contributed by atoms with E-state index in [0.29, 0.717) is 6.54 Å². The number of hydrogen-bond donors (Lipinski definition) is 2. The smallest absolute Gasteiger partial charge is 0.125 e. The molecule has 0 spiro atoms. The van der Waals surface area contributed by atoms with E-state index in [0.717, 1.165) is 23.4 Å². The van der Waals surface area contributed by atoms with Gasteiger partial charge in [-0.1, -0.05) is 6.92 Å². The number of aromatic amines is 1. The van der Waals surface area contributed by atoms with Crippen molar-refractivity contribution in [2.24, 2.45) is 0 Å². The lowest BCUT2D eigenvalue weighted by atomic mass is 10.3. The quantitative estimate of drug-likeness (QED) is 0.780. The molecule has 0 bridgehead atoms. The molecular weight excluding hydrogens is 181 g/mol. The van der Waals surface area contributed by atoms with Gasteiger partial charge in [-0.2, -0.15) is 0 Å². The van der Waals surface area contributed by atoms with E-state index in [2.05, 4.69) is 15.3 Å². The Kier molecular flexibility index (Phi) is 2.45. The standard InChI is InChI=1S/C10H12FN3/c1-2-12-6-10-13-8-4-3-7(11)5-9(8)14-10/h3-5,12H,2,6H2,1H3,(H,13,14). The molecule has 0 fully saturated rings. The molecule has 14 heavy (non-hydrogen) atoms. The molecule has 4 heteroatoms. The first-order valence-electron chi connectivity index (χ1n) is 4.64. The molecule has 0 atom stereocenters. The molecular formula is C10H12FN3. The molecule has 0 aliphatic carbocycles. The molecule has 0 saturated carbocycles. The minimum Gasteiger partial charge on any atom is -0.341 e. The molecule has 2 rings (SSSR count). The molecule has 0 aliphatic rings. The van der Waals surface area contributed by atoms with Crippen molar-refractivity contribution in [3.8, 4) is 0 Å². The van der Waals surface area contributed by atoms with E-state index < -0.39 is 0 Å². The van der Waals surface area contributed by atoms with E-state index in [1.165, 1.54) is 12.1 Å². The fourth-order valence-electron chi connectivity index (χ4n) is 1.36. The molecule has 0 saturated heterocycles. The van der Waals surface area contributed by atoms with Crippen LogP contribution in [0.4, 0.5) is 4.39 Å². The normalized spacial score (nSPS) is 11.0. The fraction of sp³-hybridized carbons (Fsp3) is 0.300. The number of aromatic nitrogens is 2. The molecule has 1 heterocycles. The third kappa shape index (κ3) is 1.75. The van der Waals surface area contributed by atoms with Gasteiger partial charge in [0.25, 0.3) is 0 Å². The van der Waals surface area contributed by atoms with E-state index in [1.807, 2.05) is 6.92 Å². The maximum Gasteiger partial charge on any atom is 0.125 e.